The van der Waals surface area contributed by atoms with E-state index in [4.69, 9.17) is 59.4 Å². The van der Waals surface area contributed by atoms with Gasteiger partial charge in [-0.25, -0.2) is 28.8 Å². The van der Waals surface area contributed by atoms with Crippen LogP contribution in [0.1, 0.15) is 0 Å². The molecule has 0 aromatic heterocycles. The summed E-state index contributed by atoms with van der Waals surface area (Å²) >= 11 is 0. The topological polar surface area (TPSA) is 413 Å². The molecule has 25 heavy (non-hydrogen) atoms. The first kappa shape index (κ1) is 67.2. The molecule has 0 atom stereocenters. The first-order valence-electron chi connectivity index (χ1n) is 3.32. The zero-order valence-electron chi connectivity index (χ0n) is 11.5. The third kappa shape index (κ3) is 93.0. The molecule has 0 spiro atoms. The van der Waals surface area contributed by atoms with Crippen LogP contribution in [0.25, 0.3) is 0 Å². The summed E-state index contributed by atoms with van der Waals surface area (Å²) in [6, 6.07) is 0. The zero-order chi connectivity index (χ0) is 15.5. The van der Waals surface area contributed by atoms with Crippen molar-refractivity contribution in [2.24, 2.45) is 0 Å². The van der Waals surface area contributed by atoms with Crippen molar-refractivity contribution < 1.29 is 109 Å². The molecular formula is C6H18FeO18. The number of hydrogen-bond donors (Lipinski definition) is 6. The van der Waals surface area contributed by atoms with Gasteiger partial charge in [0.15, 0.2) is 0 Å². The van der Waals surface area contributed by atoms with Crippen LogP contribution in [-0.2, 0) is 45.8 Å². The summed E-state index contributed by atoms with van der Waals surface area (Å²) in [5, 5.41) is 44.3. The van der Waals surface area contributed by atoms with Gasteiger partial charge in [0.1, 0.15) is 0 Å². The van der Waals surface area contributed by atoms with E-state index in [9.17, 15) is 0 Å². The fourth-order valence-electron chi connectivity index (χ4n) is 0. The molecule has 18 N–H and O–H groups in total. The van der Waals surface area contributed by atoms with E-state index in [0.29, 0.717) is 0 Å². The van der Waals surface area contributed by atoms with Gasteiger partial charge in [-0.1, -0.05) is 0 Å². The zero-order valence-corrected chi connectivity index (χ0v) is 12.6. The second kappa shape index (κ2) is 37.4. The van der Waals surface area contributed by atoms with Gasteiger partial charge in [-0.15, -0.1) is 0 Å². The summed E-state index contributed by atoms with van der Waals surface area (Å²) in [6.07, 6.45) is 0. The molecule has 0 saturated heterocycles. The average molecular weight is 434 g/mol. The molecule has 0 radical (unpaired) electrons. The first-order valence-corrected chi connectivity index (χ1v) is 3.32. The van der Waals surface area contributed by atoms with Crippen molar-refractivity contribution in [3.05, 3.63) is 0 Å². The van der Waals surface area contributed by atoms with Gasteiger partial charge in [0.25, 0.3) is 0 Å². The van der Waals surface area contributed by atoms with E-state index in [1.54, 1.807) is 0 Å². The van der Waals surface area contributed by atoms with Crippen LogP contribution >= 0.6 is 0 Å². The van der Waals surface area contributed by atoms with Crippen molar-refractivity contribution in [2.45, 2.75) is 0 Å². The molecule has 0 unspecified atom stereocenters. The standard InChI is InChI=1S/3C2H2O4.Fe.6H2O/c3*3-1(4)2(5)6;;;;;;;/h3*(H,3,4)(H,5,6);;6*1H2. The molecule has 0 aliphatic carbocycles. The van der Waals surface area contributed by atoms with Crippen molar-refractivity contribution >= 4 is 35.8 Å². The van der Waals surface area contributed by atoms with E-state index >= 15 is 0 Å². The minimum Gasteiger partial charge on any atom is -0.473 e. The van der Waals surface area contributed by atoms with Gasteiger partial charge in [0.05, 0.1) is 0 Å². The molecule has 19 heteroatoms. The number of aliphatic carboxylic acids is 6. The Kier molecular flexibility index (Phi) is 101. The minimum atomic E-state index is -1.82. The van der Waals surface area contributed by atoms with Crippen LogP contribution in [0.3, 0.4) is 0 Å². The monoisotopic (exact) mass is 434 g/mol. The van der Waals surface area contributed by atoms with Crippen molar-refractivity contribution in [1.29, 1.82) is 0 Å². The van der Waals surface area contributed by atoms with Crippen molar-refractivity contribution in [3.63, 3.8) is 0 Å². The van der Waals surface area contributed by atoms with Crippen molar-refractivity contribution in [2.75, 3.05) is 0 Å². The predicted molar refractivity (Wildman–Crippen MR) is 67.5 cm³/mol. The van der Waals surface area contributed by atoms with E-state index in [0.717, 1.165) is 0 Å². The maximum absolute atomic E-state index is 9.10. The van der Waals surface area contributed by atoms with Crippen molar-refractivity contribution in [3.8, 4) is 0 Å². The Bertz CT molecular complexity index is 281. The number of carbonyl (C=O) groups is 6. The average Bonchev–Trinajstić information content (AvgIpc) is 2.18. The number of carboxylic acids is 6. The first-order chi connectivity index (χ1) is 7.93. The minimum absolute atomic E-state index is 0. The van der Waals surface area contributed by atoms with E-state index < -0.39 is 35.8 Å². The summed E-state index contributed by atoms with van der Waals surface area (Å²) in [6.45, 7) is 0. The van der Waals surface area contributed by atoms with Crippen LogP contribution in [0.5, 0.6) is 0 Å². The molecule has 0 fully saturated rings. The molecule has 158 valence electrons. The Morgan fingerprint density at radius 2 is 0.360 bits per heavy atom. The van der Waals surface area contributed by atoms with Gasteiger partial charge in [-0.05, 0) is 0 Å². The summed E-state index contributed by atoms with van der Waals surface area (Å²) in [7, 11) is 0. The molecule has 0 aliphatic rings. The van der Waals surface area contributed by atoms with Crippen LogP contribution in [0.15, 0.2) is 0 Å². The predicted octanol–water partition coefficient (Wildman–Crippen LogP) is -7.48. The Balaban J connectivity index is -0.0000000148. The van der Waals surface area contributed by atoms with E-state index in [2.05, 4.69) is 0 Å². The molecule has 0 saturated carbocycles. The third-order valence-corrected chi connectivity index (χ3v) is 0.549. The maximum Gasteiger partial charge on any atom is 0.414 e. The molecule has 0 aliphatic heterocycles. The van der Waals surface area contributed by atoms with Crippen LogP contribution in [0, 0.1) is 0 Å². The van der Waals surface area contributed by atoms with E-state index in [1.165, 1.54) is 0 Å². The number of rotatable bonds is 0. The van der Waals surface area contributed by atoms with Gasteiger partial charge >= 0.3 is 35.8 Å². The maximum atomic E-state index is 9.10. The second-order valence-electron chi connectivity index (χ2n) is 1.83. The molecule has 0 amide bonds. The summed E-state index contributed by atoms with van der Waals surface area (Å²) < 4.78 is 0. The number of hydrogen-bond acceptors (Lipinski definition) is 6. The van der Waals surface area contributed by atoms with Crippen LogP contribution < -0.4 is 0 Å². The SMILES string of the molecule is O.O.O.O.O.O.O=C(O)C(=O)O.O=C(O)C(=O)O.O=C(O)C(=O)O.[Fe]. The van der Waals surface area contributed by atoms with Crippen LogP contribution in [0.2, 0.25) is 0 Å². The Morgan fingerprint density at radius 3 is 0.360 bits per heavy atom. The third-order valence-electron chi connectivity index (χ3n) is 0.549. The normalized spacial score (nSPS) is 5.28. The van der Waals surface area contributed by atoms with E-state index in [1.807, 2.05) is 0 Å². The van der Waals surface area contributed by atoms with Crippen molar-refractivity contribution in [1.82, 2.24) is 0 Å². The Hall–Kier alpha value is -2.90. The molecule has 0 aromatic carbocycles. The quantitative estimate of drug-likeness (QED) is 0.153. The molecule has 0 aromatic rings. The molecule has 0 rings (SSSR count). The van der Waals surface area contributed by atoms with Gasteiger partial charge < -0.3 is 63.5 Å². The Morgan fingerprint density at radius 1 is 0.320 bits per heavy atom. The van der Waals surface area contributed by atoms with Crippen LogP contribution in [0.4, 0.5) is 0 Å². The van der Waals surface area contributed by atoms with Crippen LogP contribution in [-0.4, -0.2) is 99.3 Å². The Labute approximate surface area is 146 Å². The summed E-state index contributed by atoms with van der Waals surface area (Å²) in [5.74, 6) is -10.9. The van der Waals surface area contributed by atoms with Gasteiger partial charge in [-0.3, -0.25) is 0 Å². The second-order valence-corrected chi connectivity index (χ2v) is 1.83. The van der Waals surface area contributed by atoms with Gasteiger partial charge in [0, 0.05) is 17.1 Å². The smallest absolute Gasteiger partial charge is 0.414 e. The largest absolute Gasteiger partial charge is 0.473 e. The fourth-order valence-corrected chi connectivity index (χ4v) is 0. The summed E-state index contributed by atoms with van der Waals surface area (Å²) in [4.78, 5) is 54.6. The fraction of sp³-hybridized carbons (Fsp3) is 0. The molecular weight excluding hydrogens is 416 g/mol. The van der Waals surface area contributed by atoms with Gasteiger partial charge in [-0.2, -0.15) is 0 Å². The molecule has 0 bridgehead atoms. The van der Waals surface area contributed by atoms with Gasteiger partial charge in [0.2, 0.25) is 0 Å². The van der Waals surface area contributed by atoms with E-state index in [-0.39, 0.29) is 49.9 Å². The number of carboxylic acid groups (broad SMARTS) is 6. The molecule has 18 nitrogen and oxygen atoms in total. The summed E-state index contributed by atoms with van der Waals surface area (Å²) in [5.41, 5.74) is 0. The molecule has 0 heterocycles.